The van der Waals surface area contributed by atoms with E-state index >= 15 is 0 Å². The minimum atomic E-state index is 0.0685. The van der Waals surface area contributed by atoms with Gasteiger partial charge in [0.2, 0.25) is 5.91 Å². The molecule has 0 aliphatic heterocycles. The number of likely N-dealkylation sites (N-methyl/N-ethyl adjacent to an activating group) is 1. The Morgan fingerprint density at radius 2 is 1.68 bits per heavy atom. The summed E-state index contributed by atoms with van der Waals surface area (Å²) in [6.45, 7) is 14.0. The van der Waals surface area contributed by atoms with Crippen molar-refractivity contribution in [3.8, 4) is 0 Å². The van der Waals surface area contributed by atoms with Crippen molar-refractivity contribution < 1.29 is 4.79 Å². The number of rotatable bonds is 4. The van der Waals surface area contributed by atoms with Gasteiger partial charge < -0.3 is 4.90 Å². The Morgan fingerprint density at radius 3 is 2.05 bits per heavy atom. The van der Waals surface area contributed by atoms with Gasteiger partial charge in [-0.2, -0.15) is 0 Å². The highest BCUT2D eigenvalue weighted by Crippen LogP contribution is 2.20. The van der Waals surface area contributed by atoms with Crippen molar-refractivity contribution in [3.63, 3.8) is 0 Å². The first-order chi connectivity index (χ1) is 8.73. The first-order valence-electron chi connectivity index (χ1n) is 6.69. The zero-order valence-electron chi connectivity index (χ0n) is 13.0. The monoisotopic (exact) mass is 259 g/mol. The number of hydrogen-bond acceptors (Lipinski definition) is 1. The zero-order chi connectivity index (χ0) is 14.7. The van der Waals surface area contributed by atoms with E-state index in [1.54, 1.807) is 11.8 Å². The molecule has 1 atom stereocenters. The van der Waals surface area contributed by atoms with E-state index in [0.717, 1.165) is 12.0 Å². The quantitative estimate of drug-likeness (QED) is 0.757. The summed E-state index contributed by atoms with van der Waals surface area (Å²) in [6, 6.07) is 4.50. The number of hydrogen-bond donors (Lipinski definition) is 0. The largest absolute Gasteiger partial charge is 0.339 e. The Kier molecular flexibility index (Phi) is 4.93. The minimum absolute atomic E-state index is 0.0685. The normalized spacial score (nSPS) is 12.1. The molecule has 0 heterocycles. The second kappa shape index (κ2) is 6.05. The van der Waals surface area contributed by atoms with E-state index in [2.05, 4.69) is 39.5 Å². The van der Waals surface area contributed by atoms with E-state index in [0.29, 0.717) is 0 Å². The van der Waals surface area contributed by atoms with Crippen LogP contribution in [-0.2, 0) is 11.2 Å². The molecule has 0 N–H and O–H groups in total. The van der Waals surface area contributed by atoms with Crippen LogP contribution in [0.3, 0.4) is 0 Å². The SMILES string of the molecule is C=C(C)[C@@H](Cc1cc(C)c(C)c(C)c1)N(C)C(C)=O. The summed E-state index contributed by atoms with van der Waals surface area (Å²) in [6.07, 6.45) is 0.827. The molecule has 2 nitrogen and oxygen atoms in total. The summed E-state index contributed by atoms with van der Waals surface area (Å²) in [5.41, 5.74) is 6.24. The summed E-state index contributed by atoms with van der Waals surface area (Å²) in [4.78, 5) is 13.3. The maximum Gasteiger partial charge on any atom is 0.219 e. The summed E-state index contributed by atoms with van der Waals surface area (Å²) in [7, 11) is 1.84. The summed E-state index contributed by atoms with van der Waals surface area (Å²) >= 11 is 0. The highest BCUT2D eigenvalue weighted by atomic mass is 16.2. The second-order valence-electron chi connectivity index (χ2n) is 5.55. The highest BCUT2D eigenvalue weighted by molar-refractivity contribution is 5.73. The Bertz CT molecular complexity index is 479. The van der Waals surface area contributed by atoms with Crippen LogP contribution in [0.25, 0.3) is 0 Å². The van der Waals surface area contributed by atoms with Crippen LogP contribution in [-0.4, -0.2) is 23.9 Å². The Morgan fingerprint density at radius 1 is 1.21 bits per heavy atom. The Labute approximate surface area is 117 Å². The summed E-state index contributed by atoms with van der Waals surface area (Å²) in [5.74, 6) is 0.0774. The predicted molar refractivity (Wildman–Crippen MR) is 81.4 cm³/mol. The average molecular weight is 259 g/mol. The maximum atomic E-state index is 11.6. The molecule has 0 aliphatic rings. The van der Waals surface area contributed by atoms with Crippen LogP contribution >= 0.6 is 0 Å². The second-order valence-corrected chi connectivity index (χ2v) is 5.55. The van der Waals surface area contributed by atoms with E-state index in [9.17, 15) is 4.79 Å². The van der Waals surface area contributed by atoms with Crippen molar-refractivity contribution in [2.75, 3.05) is 7.05 Å². The third-order valence-electron chi connectivity index (χ3n) is 3.95. The molecule has 0 saturated heterocycles. The van der Waals surface area contributed by atoms with Crippen LogP contribution in [0.15, 0.2) is 24.3 Å². The van der Waals surface area contributed by atoms with E-state index in [-0.39, 0.29) is 11.9 Å². The Balaban J connectivity index is 3.04. The predicted octanol–water partition coefficient (Wildman–Crippen LogP) is 3.58. The van der Waals surface area contributed by atoms with Crippen molar-refractivity contribution in [3.05, 3.63) is 46.5 Å². The van der Waals surface area contributed by atoms with Gasteiger partial charge in [-0.05, 0) is 56.4 Å². The maximum absolute atomic E-state index is 11.6. The molecule has 0 aromatic heterocycles. The fourth-order valence-corrected chi connectivity index (χ4v) is 2.33. The van der Waals surface area contributed by atoms with Crippen molar-refractivity contribution in [2.45, 2.75) is 47.1 Å². The third-order valence-corrected chi connectivity index (χ3v) is 3.95. The van der Waals surface area contributed by atoms with Gasteiger partial charge in [0, 0.05) is 14.0 Å². The van der Waals surface area contributed by atoms with E-state index in [4.69, 9.17) is 0 Å². The van der Waals surface area contributed by atoms with E-state index < -0.39 is 0 Å². The molecule has 0 bridgehead atoms. The lowest BCUT2D eigenvalue weighted by atomic mass is 9.94. The number of benzene rings is 1. The van der Waals surface area contributed by atoms with Crippen LogP contribution in [0, 0.1) is 20.8 Å². The van der Waals surface area contributed by atoms with Gasteiger partial charge in [0.1, 0.15) is 0 Å². The molecule has 0 spiro atoms. The van der Waals surface area contributed by atoms with Crippen molar-refractivity contribution >= 4 is 5.91 Å². The lowest BCUT2D eigenvalue weighted by Crippen LogP contribution is -2.37. The zero-order valence-corrected chi connectivity index (χ0v) is 13.0. The fourth-order valence-electron chi connectivity index (χ4n) is 2.33. The van der Waals surface area contributed by atoms with Gasteiger partial charge in [-0.3, -0.25) is 4.79 Å². The first-order valence-corrected chi connectivity index (χ1v) is 6.69. The summed E-state index contributed by atoms with van der Waals surface area (Å²) < 4.78 is 0. The molecule has 0 aliphatic carbocycles. The lowest BCUT2D eigenvalue weighted by molar-refractivity contribution is -0.128. The van der Waals surface area contributed by atoms with Crippen molar-refractivity contribution in [1.82, 2.24) is 4.90 Å². The van der Waals surface area contributed by atoms with Gasteiger partial charge in [-0.1, -0.05) is 24.3 Å². The topological polar surface area (TPSA) is 20.3 Å². The third kappa shape index (κ3) is 3.69. The molecule has 2 heteroatoms. The molecule has 104 valence electrons. The van der Waals surface area contributed by atoms with Gasteiger partial charge in [0.05, 0.1) is 6.04 Å². The van der Waals surface area contributed by atoms with Crippen LogP contribution in [0.1, 0.15) is 36.1 Å². The first kappa shape index (κ1) is 15.5. The molecule has 19 heavy (non-hydrogen) atoms. The van der Waals surface area contributed by atoms with Crippen LogP contribution in [0.4, 0.5) is 0 Å². The van der Waals surface area contributed by atoms with E-state index in [1.165, 1.54) is 22.3 Å². The number of aryl methyl sites for hydroxylation is 2. The van der Waals surface area contributed by atoms with Gasteiger partial charge >= 0.3 is 0 Å². The average Bonchev–Trinajstić information content (AvgIpc) is 2.31. The van der Waals surface area contributed by atoms with Crippen molar-refractivity contribution in [2.24, 2.45) is 0 Å². The molecular formula is C17H25NO. The number of amides is 1. The van der Waals surface area contributed by atoms with Crippen molar-refractivity contribution in [1.29, 1.82) is 0 Å². The molecule has 0 unspecified atom stereocenters. The Hall–Kier alpha value is -1.57. The fraction of sp³-hybridized carbons (Fsp3) is 0.471. The van der Waals surface area contributed by atoms with Gasteiger partial charge in [-0.25, -0.2) is 0 Å². The molecule has 1 rings (SSSR count). The molecular weight excluding hydrogens is 234 g/mol. The molecule has 0 radical (unpaired) electrons. The van der Waals surface area contributed by atoms with Gasteiger partial charge in [-0.15, -0.1) is 0 Å². The van der Waals surface area contributed by atoms with Crippen LogP contribution < -0.4 is 0 Å². The summed E-state index contributed by atoms with van der Waals surface area (Å²) in [5, 5.41) is 0. The van der Waals surface area contributed by atoms with Crippen LogP contribution in [0.2, 0.25) is 0 Å². The smallest absolute Gasteiger partial charge is 0.219 e. The lowest BCUT2D eigenvalue weighted by Gasteiger charge is -2.28. The number of carbonyl (C=O) groups excluding carboxylic acids is 1. The van der Waals surface area contributed by atoms with E-state index in [1.807, 2.05) is 14.0 Å². The minimum Gasteiger partial charge on any atom is -0.339 e. The van der Waals surface area contributed by atoms with Crippen LogP contribution in [0.5, 0.6) is 0 Å². The molecule has 1 amide bonds. The molecule has 1 aromatic rings. The van der Waals surface area contributed by atoms with Gasteiger partial charge in [0.15, 0.2) is 0 Å². The molecule has 1 aromatic carbocycles. The number of nitrogens with zero attached hydrogens (tertiary/aromatic N) is 1. The molecule has 0 fully saturated rings. The highest BCUT2D eigenvalue weighted by Gasteiger charge is 2.18. The standard InChI is InChI=1S/C17H25NO/c1-11(2)17(18(7)15(6)19)10-16-8-12(3)14(5)13(4)9-16/h8-9,17H,1,10H2,2-7H3/t17-/m1/s1. The number of carbonyl (C=O) groups is 1. The molecule has 0 saturated carbocycles. The van der Waals surface area contributed by atoms with Gasteiger partial charge in [0.25, 0.3) is 0 Å².